The lowest BCUT2D eigenvalue weighted by Crippen LogP contribution is -2.29. The molecule has 6 nitrogen and oxygen atoms in total. The molecule has 1 saturated heterocycles. The van der Waals surface area contributed by atoms with Gasteiger partial charge in [-0.15, -0.1) is 0 Å². The Morgan fingerprint density at radius 1 is 1.55 bits per heavy atom. The van der Waals surface area contributed by atoms with Gasteiger partial charge in [0.15, 0.2) is 0 Å². The van der Waals surface area contributed by atoms with Crippen LogP contribution in [0.1, 0.15) is 42.1 Å². The van der Waals surface area contributed by atoms with E-state index >= 15 is 0 Å². The number of hydrogen-bond acceptors (Lipinski definition) is 4. The first-order valence-corrected chi connectivity index (χ1v) is 6.78. The minimum Gasteiger partial charge on any atom is -0.477 e. The number of likely N-dealkylation sites (tertiary alicyclic amines) is 1. The number of benzene rings is 1. The maximum absolute atomic E-state index is 11.3. The molecule has 0 bridgehead atoms. The second kappa shape index (κ2) is 6.00. The highest BCUT2D eigenvalue weighted by atomic mass is 16.6. The zero-order chi connectivity index (χ0) is 14.7. The summed E-state index contributed by atoms with van der Waals surface area (Å²) in [5, 5.41) is 20.2. The Kier molecular flexibility index (Phi) is 4.34. The highest BCUT2D eigenvalue weighted by Gasteiger charge is 2.28. The number of aromatic carboxylic acids is 1. The number of hydrogen-bond donors (Lipinski definition) is 1. The van der Waals surface area contributed by atoms with Crippen LogP contribution in [0.2, 0.25) is 0 Å². The highest BCUT2D eigenvalue weighted by molar-refractivity contribution is 5.94. The van der Waals surface area contributed by atoms with Crippen LogP contribution in [0.15, 0.2) is 18.2 Å². The summed E-state index contributed by atoms with van der Waals surface area (Å²) in [5.41, 5.74) is 0.00792. The molecule has 0 aromatic heterocycles. The molecular weight excluding hydrogens is 260 g/mol. The molecule has 1 aromatic rings. The SMILES string of the molecule is CCC1CCCN1Cc1cccc([N+](=O)[O-])c1C(=O)O. The second-order valence-corrected chi connectivity index (χ2v) is 5.05. The van der Waals surface area contributed by atoms with Gasteiger partial charge in [-0.1, -0.05) is 19.1 Å². The highest BCUT2D eigenvalue weighted by Crippen LogP contribution is 2.27. The van der Waals surface area contributed by atoms with Gasteiger partial charge in [-0.05, 0) is 31.4 Å². The molecule has 0 aliphatic carbocycles. The van der Waals surface area contributed by atoms with E-state index in [9.17, 15) is 20.0 Å². The van der Waals surface area contributed by atoms with Crippen LogP contribution >= 0.6 is 0 Å². The minimum atomic E-state index is -1.24. The molecule has 0 spiro atoms. The number of carboxylic acid groups (broad SMARTS) is 1. The summed E-state index contributed by atoms with van der Waals surface area (Å²) in [6.07, 6.45) is 3.21. The van der Waals surface area contributed by atoms with Crippen LogP contribution in [0.25, 0.3) is 0 Å². The Morgan fingerprint density at radius 2 is 2.30 bits per heavy atom. The molecule has 0 radical (unpaired) electrons. The summed E-state index contributed by atoms with van der Waals surface area (Å²) in [4.78, 5) is 23.9. The quantitative estimate of drug-likeness (QED) is 0.661. The first kappa shape index (κ1) is 14.5. The van der Waals surface area contributed by atoms with E-state index in [2.05, 4.69) is 11.8 Å². The van der Waals surface area contributed by atoms with Gasteiger partial charge in [0.2, 0.25) is 0 Å². The van der Waals surface area contributed by atoms with Crippen LogP contribution in [-0.4, -0.2) is 33.5 Å². The van der Waals surface area contributed by atoms with Crippen LogP contribution < -0.4 is 0 Å². The topological polar surface area (TPSA) is 83.7 Å². The average Bonchev–Trinajstić information content (AvgIpc) is 2.85. The van der Waals surface area contributed by atoms with Gasteiger partial charge in [0, 0.05) is 18.7 Å². The first-order chi connectivity index (χ1) is 9.54. The number of nitro groups is 1. The van der Waals surface area contributed by atoms with E-state index in [1.54, 1.807) is 12.1 Å². The maximum Gasteiger partial charge on any atom is 0.343 e. The Morgan fingerprint density at radius 3 is 2.90 bits per heavy atom. The molecule has 6 heteroatoms. The van der Waals surface area contributed by atoms with Crippen molar-refractivity contribution in [1.82, 2.24) is 4.90 Å². The van der Waals surface area contributed by atoms with Crippen LogP contribution in [0.4, 0.5) is 5.69 Å². The summed E-state index contributed by atoms with van der Waals surface area (Å²) in [6.45, 7) is 3.48. The summed E-state index contributed by atoms with van der Waals surface area (Å²) in [7, 11) is 0. The van der Waals surface area contributed by atoms with Crippen molar-refractivity contribution in [3.63, 3.8) is 0 Å². The third-order valence-corrected chi connectivity index (χ3v) is 3.88. The fourth-order valence-electron chi connectivity index (χ4n) is 2.90. The summed E-state index contributed by atoms with van der Waals surface area (Å²) in [6, 6.07) is 4.91. The van der Waals surface area contributed by atoms with Crippen molar-refractivity contribution < 1.29 is 14.8 Å². The monoisotopic (exact) mass is 278 g/mol. The number of carbonyl (C=O) groups is 1. The van der Waals surface area contributed by atoms with E-state index in [-0.39, 0.29) is 11.3 Å². The lowest BCUT2D eigenvalue weighted by atomic mass is 10.0. The van der Waals surface area contributed by atoms with E-state index in [1.807, 2.05) is 0 Å². The molecule has 0 saturated carbocycles. The van der Waals surface area contributed by atoms with Crippen molar-refractivity contribution in [3.05, 3.63) is 39.4 Å². The standard InChI is InChI=1S/C14H18N2O4/c1-2-11-6-4-8-15(11)9-10-5-3-7-12(16(19)20)13(10)14(17)18/h3,5,7,11H,2,4,6,8-9H2,1H3,(H,17,18). The van der Waals surface area contributed by atoms with Gasteiger partial charge in [0.25, 0.3) is 5.69 Å². The van der Waals surface area contributed by atoms with Gasteiger partial charge < -0.3 is 5.11 Å². The Hall–Kier alpha value is -1.95. The van der Waals surface area contributed by atoms with Gasteiger partial charge in [0.1, 0.15) is 5.56 Å². The number of rotatable bonds is 5. The van der Waals surface area contributed by atoms with Crippen molar-refractivity contribution in [3.8, 4) is 0 Å². The van der Waals surface area contributed by atoms with Gasteiger partial charge >= 0.3 is 5.97 Å². The third-order valence-electron chi connectivity index (χ3n) is 3.88. The van der Waals surface area contributed by atoms with Crippen molar-refractivity contribution in [1.29, 1.82) is 0 Å². The zero-order valence-electron chi connectivity index (χ0n) is 11.4. The van der Waals surface area contributed by atoms with Crippen LogP contribution in [-0.2, 0) is 6.54 Å². The Bertz CT molecular complexity index is 530. The fourth-order valence-corrected chi connectivity index (χ4v) is 2.90. The summed E-state index contributed by atoms with van der Waals surface area (Å²) >= 11 is 0. The van der Waals surface area contributed by atoms with Gasteiger partial charge in [0.05, 0.1) is 4.92 Å². The van der Waals surface area contributed by atoms with Crippen molar-refractivity contribution in [2.45, 2.75) is 38.8 Å². The number of carboxylic acids is 1. The smallest absolute Gasteiger partial charge is 0.343 e. The normalized spacial score (nSPS) is 19.1. The Balaban J connectivity index is 2.34. The molecule has 1 aromatic carbocycles. The van der Waals surface area contributed by atoms with Gasteiger partial charge in [-0.25, -0.2) is 4.79 Å². The maximum atomic E-state index is 11.3. The molecule has 20 heavy (non-hydrogen) atoms. The molecule has 1 aliphatic heterocycles. The average molecular weight is 278 g/mol. The Labute approximate surface area is 117 Å². The molecule has 0 amide bonds. The fraction of sp³-hybridized carbons (Fsp3) is 0.500. The summed E-state index contributed by atoms with van der Waals surface area (Å²) < 4.78 is 0. The van der Waals surface area contributed by atoms with E-state index < -0.39 is 10.9 Å². The van der Waals surface area contributed by atoms with Crippen LogP contribution in [0.3, 0.4) is 0 Å². The molecule has 1 heterocycles. The molecule has 108 valence electrons. The zero-order valence-corrected chi connectivity index (χ0v) is 11.4. The second-order valence-electron chi connectivity index (χ2n) is 5.05. The lowest BCUT2D eigenvalue weighted by Gasteiger charge is -2.23. The van der Waals surface area contributed by atoms with Gasteiger partial charge in [-0.2, -0.15) is 0 Å². The predicted octanol–water partition coefficient (Wildman–Crippen LogP) is 2.67. The largest absolute Gasteiger partial charge is 0.477 e. The van der Waals surface area contributed by atoms with Crippen LogP contribution in [0, 0.1) is 10.1 Å². The van der Waals surface area contributed by atoms with E-state index in [0.717, 1.165) is 25.8 Å². The lowest BCUT2D eigenvalue weighted by molar-refractivity contribution is -0.385. The molecule has 1 aliphatic rings. The van der Waals surface area contributed by atoms with Gasteiger partial charge in [-0.3, -0.25) is 15.0 Å². The van der Waals surface area contributed by atoms with Crippen LogP contribution in [0.5, 0.6) is 0 Å². The van der Waals surface area contributed by atoms with E-state index in [0.29, 0.717) is 18.2 Å². The molecule has 1 unspecified atom stereocenters. The third kappa shape index (κ3) is 2.80. The van der Waals surface area contributed by atoms with E-state index in [4.69, 9.17) is 0 Å². The van der Waals surface area contributed by atoms with Crippen molar-refractivity contribution in [2.75, 3.05) is 6.54 Å². The molecular formula is C14H18N2O4. The first-order valence-electron chi connectivity index (χ1n) is 6.78. The molecule has 1 atom stereocenters. The minimum absolute atomic E-state index is 0.181. The summed E-state index contributed by atoms with van der Waals surface area (Å²) in [5.74, 6) is -1.24. The van der Waals surface area contributed by atoms with E-state index in [1.165, 1.54) is 6.07 Å². The number of nitro benzene ring substituents is 1. The number of nitrogens with zero attached hydrogens (tertiary/aromatic N) is 2. The van der Waals surface area contributed by atoms with Crippen molar-refractivity contribution in [2.24, 2.45) is 0 Å². The molecule has 1 fully saturated rings. The molecule has 2 rings (SSSR count). The predicted molar refractivity (Wildman–Crippen MR) is 73.8 cm³/mol. The molecule has 1 N–H and O–H groups in total. The van der Waals surface area contributed by atoms with Crippen molar-refractivity contribution >= 4 is 11.7 Å².